The van der Waals surface area contributed by atoms with Crippen molar-refractivity contribution in [3.8, 4) is 11.5 Å². The molecule has 0 aliphatic carbocycles. The number of rotatable bonds is 9. The highest BCUT2D eigenvalue weighted by Gasteiger charge is 2.04. The summed E-state index contributed by atoms with van der Waals surface area (Å²) in [6, 6.07) is 7.26. The van der Waals surface area contributed by atoms with Gasteiger partial charge < -0.3 is 24.7 Å². The molecule has 6 heteroatoms. The number of nitrogens with one attached hydrogen (secondary N) is 1. The number of hydrogen-bond acceptors (Lipinski definition) is 5. The van der Waals surface area contributed by atoms with Crippen molar-refractivity contribution in [3.63, 3.8) is 0 Å². The second kappa shape index (κ2) is 8.79. The fraction of sp³-hybridized carbons (Fsp3) is 0.429. The molecule has 1 N–H and O–H groups in total. The number of para-hydroxylation sites is 2. The van der Waals surface area contributed by atoms with Crippen molar-refractivity contribution < 1.29 is 24.2 Å². The van der Waals surface area contributed by atoms with Crippen LogP contribution in [0.15, 0.2) is 24.3 Å². The molecule has 0 aliphatic heterocycles. The molecule has 0 aromatic heterocycles. The van der Waals surface area contributed by atoms with E-state index in [4.69, 9.17) is 9.47 Å². The standard InChI is InChI=1S/C14H19NO5/c1-2-19-11-5-3-4-6-12(11)20-10-9-15-13(16)7-8-14(17)18/h3-6H,2,7-10H2,1H3,(H,15,16)(H,17,18)/p-1. The van der Waals surface area contributed by atoms with Crippen LogP contribution < -0.4 is 19.9 Å². The zero-order valence-corrected chi connectivity index (χ0v) is 11.4. The Labute approximate surface area is 117 Å². The molecule has 0 saturated heterocycles. The molecule has 0 spiro atoms. The van der Waals surface area contributed by atoms with E-state index in [0.717, 1.165) is 0 Å². The Bertz CT molecular complexity index is 447. The number of aliphatic carboxylic acids is 1. The van der Waals surface area contributed by atoms with Crippen molar-refractivity contribution in [2.45, 2.75) is 19.8 Å². The minimum absolute atomic E-state index is 0.0855. The van der Waals surface area contributed by atoms with E-state index in [1.54, 1.807) is 12.1 Å². The van der Waals surface area contributed by atoms with Crippen molar-refractivity contribution >= 4 is 11.9 Å². The monoisotopic (exact) mass is 280 g/mol. The number of carboxylic acid groups (broad SMARTS) is 1. The fourth-order valence-corrected chi connectivity index (χ4v) is 1.50. The van der Waals surface area contributed by atoms with Gasteiger partial charge in [-0.05, 0) is 25.5 Å². The molecule has 0 fully saturated rings. The van der Waals surface area contributed by atoms with Gasteiger partial charge in [-0.15, -0.1) is 0 Å². The average molecular weight is 280 g/mol. The zero-order valence-electron chi connectivity index (χ0n) is 11.4. The molecule has 0 saturated carbocycles. The predicted molar refractivity (Wildman–Crippen MR) is 70.4 cm³/mol. The van der Waals surface area contributed by atoms with Crippen LogP contribution in [0.3, 0.4) is 0 Å². The van der Waals surface area contributed by atoms with Crippen LogP contribution in [0.25, 0.3) is 0 Å². The molecule has 1 aromatic rings. The van der Waals surface area contributed by atoms with Crippen LogP contribution in [-0.2, 0) is 9.59 Å². The Morgan fingerprint density at radius 2 is 1.80 bits per heavy atom. The van der Waals surface area contributed by atoms with Gasteiger partial charge in [0.05, 0.1) is 13.2 Å². The van der Waals surface area contributed by atoms with Gasteiger partial charge >= 0.3 is 0 Å². The lowest BCUT2D eigenvalue weighted by Gasteiger charge is -2.12. The lowest BCUT2D eigenvalue weighted by molar-refractivity contribution is -0.305. The van der Waals surface area contributed by atoms with E-state index in [1.165, 1.54) is 0 Å². The molecule has 6 nitrogen and oxygen atoms in total. The van der Waals surface area contributed by atoms with Gasteiger partial charge in [-0.1, -0.05) is 12.1 Å². The third kappa shape index (κ3) is 6.08. The summed E-state index contributed by atoms with van der Waals surface area (Å²) in [5, 5.41) is 12.8. The number of carboxylic acids is 1. The summed E-state index contributed by atoms with van der Waals surface area (Å²) in [7, 11) is 0. The highest BCUT2D eigenvalue weighted by Crippen LogP contribution is 2.25. The Balaban J connectivity index is 2.27. The number of carbonyl (C=O) groups is 2. The molecule has 20 heavy (non-hydrogen) atoms. The number of amides is 1. The van der Waals surface area contributed by atoms with E-state index < -0.39 is 5.97 Å². The molecule has 0 aliphatic rings. The van der Waals surface area contributed by atoms with Crippen LogP contribution in [0.5, 0.6) is 11.5 Å². The Kier molecular flexibility index (Phi) is 6.95. The van der Waals surface area contributed by atoms with E-state index in [2.05, 4.69) is 5.32 Å². The van der Waals surface area contributed by atoms with Gasteiger partial charge in [-0.25, -0.2) is 0 Å². The second-order valence-corrected chi connectivity index (χ2v) is 3.95. The van der Waals surface area contributed by atoms with E-state index in [1.807, 2.05) is 19.1 Å². The van der Waals surface area contributed by atoms with Crippen LogP contribution in [-0.4, -0.2) is 31.6 Å². The Morgan fingerprint density at radius 1 is 1.15 bits per heavy atom. The highest BCUT2D eigenvalue weighted by atomic mass is 16.5. The van der Waals surface area contributed by atoms with Crippen molar-refractivity contribution in [1.29, 1.82) is 0 Å². The summed E-state index contributed by atoms with van der Waals surface area (Å²) in [6.45, 7) is 3.00. The lowest BCUT2D eigenvalue weighted by Crippen LogP contribution is -2.30. The smallest absolute Gasteiger partial charge is 0.220 e. The van der Waals surface area contributed by atoms with Crippen LogP contribution >= 0.6 is 0 Å². The summed E-state index contributed by atoms with van der Waals surface area (Å²) >= 11 is 0. The molecule has 0 heterocycles. The van der Waals surface area contributed by atoms with Crippen LogP contribution in [0.2, 0.25) is 0 Å². The van der Waals surface area contributed by atoms with Gasteiger partial charge in [0.2, 0.25) is 5.91 Å². The summed E-state index contributed by atoms with van der Waals surface area (Å²) < 4.78 is 10.9. The van der Waals surface area contributed by atoms with Gasteiger partial charge in [0, 0.05) is 12.4 Å². The second-order valence-electron chi connectivity index (χ2n) is 3.95. The molecule has 0 atom stereocenters. The first-order valence-corrected chi connectivity index (χ1v) is 6.44. The third-order valence-corrected chi connectivity index (χ3v) is 2.39. The Hall–Kier alpha value is -2.24. The summed E-state index contributed by atoms with van der Waals surface area (Å²) in [5.74, 6) is -0.311. The van der Waals surface area contributed by atoms with E-state index in [-0.39, 0.29) is 25.4 Å². The van der Waals surface area contributed by atoms with Gasteiger partial charge in [-0.3, -0.25) is 4.79 Å². The first-order chi connectivity index (χ1) is 9.63. The van der Waals surface area contributed by atoms with Crippen molar-refractivity contribution in [3.05, 3.63) is 24.3 Å². The molecular weight excluding hydrogens is 262 g/mol. The molecular formula is C14H18NO5-. The average Bonchev–Trinajstić information content (AvgIpc) is 2.43. The number of carbonyl (C=O) groups excluding carboxylic acids is 2. The SMILES string of the molecule is CCOc1ccccc1OCCNC(=O)CCC(=O)[O-]. The van der Waals surface area contributed by atoms with E-state index in [0.29, 0.717) is 24.7 Å². The fourth-order valence-electron chi connectivity index (χ4n) is 1.50. The molecule has 1 aromatic carbocycles. The maximum absolute atomic E-state index is 11.2. The number of hydrogen-bond donors (Lipinski definition) is 1. The van der Waals surface area contributed by atoms with Crippen molar-refractivity contribution in [2.24, 2.45) is 0 Å². The molecule has 0 unspecified atom stereocenters. The van der Waals surface area contributed by atoms with Crippen molar-refractivity contribution in [1.82, 2.24) is 5.32 Å². The van der Waals surface area contributed by atoms with Gasteiger partial charge in [0.25, 0.3) is 0 Å². The number of ether oxygens (including phenoxy) is 2. The topological polar surface area (TPSA) is 87.7 Å². The van der Waals surface area contributed by atoms with Crippen LogP contribution in [0.4, 0.5) is 0 Å². The molecule has 1 rings (SSSR count). The lowest BCUT2D eigenvalue weighted by atomic mass is 10.3. The van der Waals surface area contributed by atoms with Crippen molar-refractivity contribution in [2.75, 3.05) is 19.8 Å². The maximum atomic E-state index is 11.2. The van der Waals surface area contributed by atoms with Gasteiger partial charge in [0.15, 0.2) is 11.5 Å². The quantitative estimate of drug-likeness (QED) is 0.649. The van der Waals surface area contributed by atoms with E-state index >= 15 is 0 Å². The van der Waals surface area contributed by atoms with Gasteiger partial charge in [-0.2, -0.15) is 0 Å². The summed E-state index contributed by atoms with van der Waals surface area (Å²) in [6.07, 6.45) is -0.363. The van der Waals surface area contributed by atoms with Crippen LogP contribution in [0, 0.1) is 0 Å². The Morgan fingerprint density at radius 3 is 2.40 bits per heavy atom. The predicted octanol–water partition coefficient (Wildman–Crippen LogP) is 0.110. The number of benzene rings is 1. The first-order valence-electron chi connectivity index (χ1n) is 6.44. The first kappa shape index (κ1) is 15.8. The summed E-state index contributed by atoms with van der Waals surface area (Å²) in [4.78, 5) is 21.4. The third-order valence-electron chi connectivity index (χ3n) is 2.39. The zero-order chi connectivity index (χ0) is 14.8. The molecule has 110 valence electrons. The summed E-state index contributed by atoms with van der Waals surface area (Å²) in [5.41, 5.74) is 0. The highest BCUT2D eigenvalue weighted by molar-refractivity contribution is 5.79. The minimum atomic E-state index is -1.23. The van der Waals surface area contributed by atoms with E-state index in [9.17, 15) is 14.7 Å². The van der Waals surface area contributed by atoms with Crippen LogP contribution in [0.1, 0.15) is 19.8 Å². The van der Waals surface area contributed by atoms with Gasteiger partial charge in [0.1, 0.15) is 6.61 Å². The normalized spacial score (nSPS) is 9.85. The largest absolute Gasteiger partial charge is 0.550 e. The molecule has 0 radical (unpaired) electrons. The minimum Gasteiger partial charge on any atom is -0.550 e. The molecule has 1 amide bonds. The molecule has 0 bridgehead atoms. The maximum Gasteiger partial charge on any atom is 0.220 e.